The van der Waals surface area contributed by atoms with Crippen molar-refractivity contribution < 1.29 is 0 Å². The van der Waals surface area contributed by atoms with Crippen LogP contribution in [0.5, 0.6) is 0 Å². The number of rotatable bonds is 5. The van der Waals surface area contributed by atoms with Crippen molar-refractivity contribution in [2.24, 2.45) is 4.99 Å². The molecule has 0 spiro atoms. The van der Waals surface area contributed by atoms with Crippen LogP contribution < -0.4 is 4.90 Å². The van der Waals surface area contributed by atoms with Gasteiger partial charge < -0.3 is 9.80 Å². The number of hydrogen-bond donors (Lipinski definition) is 0. The molecule has 0 aliphatic carbocycles. The third kappa shape index (κ3) is 3.59. The molecule has 0 unspecified atom stereocenters. The lowest BCUT2D eigenvalue weighted by Gasteiger charge is -2.32. The van der Waals surface area contributed by atoms with E-state index >= 15 is 0 Å². The Kier molecular flexibility index (Phi) is 4.93. The molecule has 0 saturated carbocycles. The van der Waals surface area contributed by atoms with Gasteiger partial charge in [-0.3, -0.25) is 4.99 Å². The van der Waals surface area contributed by atoms with Gasteiger partial charge in [0.15, 0.2) is 0 Å². The van der Waals surface area contributed by atoms with Crippen LogP contribution >= 0.6 is 0 Å². The Bertz CT molecular complexity index is 860. The van der Waals surface area contributed by atoms with Crippen molar-refractivity contribution in [1.29, 1.82) is 0 Å². The van der Waals surface area contributed by atoms with Crippen LogP contribution in [0.2, 0.25) is 0 Å². The van der Waals surface area contributed by atoms with Crippen molar-refractivity contribution in [2.45, 2.75) is 6.04 Å². The van der Waals surface area contributed by atoms with E-state index in [1.165, 1.54) is 22.4 Å². The number of anilines is 1. The summed E-state index contributed by atoms with van der Waals surface area (Å²) in [5.74, 6) is 1.08. The van der Waals surface area contributed by atoms with Crippen molar-refractivity contribution in [3.8, 4) is 0 Å². The summed E-state index contributed by atoms with van der Waals surface area (Å²) in [7, 11) is 4.13. The second kappa shape index (κ2) is 7.67. The summed E-state index contributed by atoms with van der Waals surface area (Å²) < 4.78 is 0. The van der Waals surface area contributed by atoms with Crippen LogP contribution in [-0.4, -0.2) is 37.9 Å². The fourth-order valence-electron chi connectivity index (χ4n) is 3.70. The molecule has 0 aromatic heterocycles. The highest BCUT2D eigenvalue weighted by Crippen LogP contribution is 2.32. The van der Waals surface area contributed by atoms with Crippen LogP contribution in [0.25, 0.3) is 0 Å². The molecule has 3 heteroatoms. The predicted octanol–water partition coefficient (Wildman–Crippen LogP) is 4.60. The number of benzene rings is 3. The molecule has 0 bridgehead atoms. The Balaban J connectivity index is 1.72. The molecular weight excluding hydrogens is 330 g/mol. The molecule has 0 fully saturated rings. The summed E-state index contributed by atoms with van der Waals surface area (Å²) in [6.45, 7) is 1.76. The third-order valence-electron chi connectivity index (χ3n) is 5.06. The van der Waals surface area contributed by atoms with Gasteiger partial charge in [-0.25, -0.2) is 0 Å². The van der Waals surface area contributed by atoms with E-state index in [2.05, 4.69) is 109 Å². The third-order valence-corrected chi connectivity index (χ3v) is 5.06. The number of hydrogen-bond acceptors (Lipinski definition) is 3. The van der Waals surface area contributed by atoms with Crippen LogP contribution in [0.1, 0.15) is 22.7 Å². The highest BCUT2D eigenvalue weighted by atomic mass is 15.3. The smallest absolute Gasteiger partial charge is 0.131 e. The van der Waals surface area contributed by atoms with Gasteiger partial charge in [-0.1, -0.05) is 60.7 Å². The van der Waals surface area contributed by atoms with E-state index in [1.807, 2.05) is 0 Å². The first-order valence-corrected chi connectivity index (χ1v) is 9.43. The average Bonchev–Trinajstić information content (AvgIpc) is 3.19. The molecule has 27 heavy (non-hydrogen) atoms. The lowest BCUT2D eigenvalue weighted by molar-refractivity contribution is 0.389. The molecule has 136 valence electrons. The summed E-state index contributed by atoms with van der Waals surface area (Å²) in [5, 5.41) is 0. The van der Waals surface area contributed by atoms with Crippen LogP contribution in [0, 0.1) is 0 Å². The van der Waals surface area contributed by atoms with Gasteiger partial charge in [0.25, 0.3) is 0 Å². The number of aliphatic imine (C=N–C) groups is 1. The van der Waals surface area contributed by atoms with Gasteiger partial charge in [-0.05, 0) is 35.4 Å². The summed E-state index contributed by atoms with van der Waals surface area (Å²) in [5.41, 5.74) is 4.97. The zero-order valence-corrected chi connectivity index (χ0v) is 15.9. The Labute approximate surface area is 161 Å². The molecule has 4 rings (SSSR count). The van der Waals surface area contributed by atoms with Crippen LogP contribution in [0.3, 0.4) is 0 Å². The van der Waals surface area contributed by atoms with Gasteiger partial charge in [0.1, 0.15) is 5.84 Å². The monoisotopic (exact) mass is 355 g/mol. The highest BCUT2D eigenvalue weighted by molar-refractivity contribution is 6.00. The quantitative estimate of drug-likeness (QED) is 0.666. The van der Waals surface area contributed by atoms with Crippen LogP contribution in [0.4, 0.5) is 5.69 Å². The van der Waals surface area contributed by atoms with Gasteiger partial charge >= 0.3 is 0 Å². The fourth-order valence-corrected chi connectivity index (χ4v) is 3.70. The largest absolute Gasteiger partial charge is 0.378 e. The molecule has 1 heterocycles. The Hall–Kier alpha value is -3.07. The van der Waals surface area contributed by atoms with Gasteiger partial charge in [0.2, 0.25) is 0 Å². The standard InChI is InChI=1S/C24H25N3/c1-26(2)22-15-13-21(14-16-22)24-25-17-18-27(24)23(19-9-5-3-6-10-19)20-11-7-4-8-12-20/h3-16,23H,17-18H2,1-2H3. The number of amidine groups is 1. The summed E-state index contributed by atoms with van der Waals surface area (Å²) in [6, 6.07) is 30.3. The van der Waals surface area contributed by atoms with Crippen molar-refractivity contribution in [1.82, 2.24) is 4.90 Å². The van der Waals surface area contributed by atoms with E-state index in [9.17, 15) is 0 Å². The fraction of sp³-hybridized carbons (Fsp3) is 0.208. The maximum Gasteiger partial charge on any atom is 0.131 e. The SMILES string of the molecule is CN(C)c1ccc(C2=NCCN2C(c2ccccc2)c2ccccc2)cc1. The van der Waals surface area contributed by atoms with Crippen LogP contribution in [0.15, 0.2) is 89.9 Å². The second-order valence-corrected chi connectivity index (χ2v) is 7.06. The molecule has 1 aliphatic rings. The summed E-state index contributed by atoms with van der Waals surface area (Å²) >= 11 is 0. The van der Waals surface area contributed by atoms with Crippen molar-refractivity contribution in [3.63, 3.8) is 0 Å². The van der Waals surface area contributed by atoms with Crippen molar-refractivity contribution in [2.75, 3.05) is 32.1 Å². The lowest BCUT2D eigenvalue weighted by Crippen LogP contribution is -2.33. The second-order valence-electron chi connectivity index (χ2n) is 7.06. The average molecular weight is 355 g/mol. The number of nitrogens with zero attached hydrogens (tertiary/aromatic N) is 3. The first kappa shape index (κ1) is 17.3. The zero-order valence-electron chi connectivity index (χ0n) is 15.9. The van der Waals surface area contributed by atoms with E-state index in [4.69, 9.17) is 4.99 Å². The first-order chi connectivity index (χ1) is 13.2. The summed E-state index contributed by atoms with van der Waals surface area (Å²) in [6.07, 6.45) is 0. The topological polar surface area (TPSA) is 18.8 Å². The maximum atomic E-state index is 4.86. The molecule has 0 atom stereocenters. The zero-order chi connectivity index (χ0) is 18.6. The lowest BCUT2D eigenvalue weighted by atomic mass is 9.96. The van der Waals surface area contributed by atoms with Gasteiger partial charge in [0, 0.05) is 31.9 Å². The Morgan fingerprint density at radius 3 is 1.85 bits per heavy atom. The molecule has 0 amide bonds. The van der Waals surface area contributed by atoms with E-state index in [0.29, 0.717) is 0 Å². The van der Waals surface area contributed by atoms with Crippen molar-refractivity contribution >= 4 is 11.5 Å². The maximum absolute atomic E-state index is 4.86. The molecule has 3 aromatic carbocycles. The van der Waals surface area contributed by atoms with E-state index < -0.39 is 0 Å². The normalized spacial score (nSPS) is 13.7. The van der Waals surface area contributed by atoms with E-state index in [-0.39, 0.29) is 6.04 Å². The Morgan fingerprint density at radius 2 is 1.33 bits per heavy atom. The minimum atomic E-state index is 0.169. The summed E-state index contributed by atoms with van der Waals surface area (Å²) in [4.78, 5) is 9.42. The van der Waals surface area contributed by atoms with E-state index in [1.54, 1.807) is 0 Å². The molecule has 3 aromatic rings. The predicted molar refractivity (Wildman–Crippen MR) is 114 cm³/mol. The van der Waals surface area contributed by atoms with Gasteiger partial charge in [-0.2, -0.15) is 0 Å². The Morgan fingerprint density at radius 1 is 0.778 bits per heavy atom. The van der Waals surface area contributed by atoms with Gasteiger partial charge in [0.05, 0.1) is 12.6 Å². The van der Waals surface area contributed by atoms with Gasteiger partial charge in [-0.15, -0.1) is 0 Å². The highest BCUT2D eigenvalue weighted by Gasteiger charge is 2.28. The molecule has 3 nitrogen and oxygen atoms in total. The minimum Gasteiger partial charge on any atom is -0.378 e. The molecule has 0 radical (unpaired) electrons. The molecular formula is C24H25N3. The molecule has 1 aliphatic heterocycles. The van der Waals surface area contributed by atoms with Crippen molar-refractivity contribution in [3.05, 3.63) is 102 Å². The molecule has 0 saturated heterocycles. The molecule has 0 N–H and O–H groups in total. The first-order valence-electron chi connectivity index (χ1n) is 9.43. The van der Waals surface area contributed by atoms with Crippen LogP contribution in [-0.2, 0) is 0 Å². The van der Waals surface area contributed by atoms with E-state index in [0.717, 1.165) is 18.9 Å². The minimum absolute atomic E-state index is 0.169.